The molecule has 0 saturated heterocycles. The van der Waals surface area contributed by atoms with E-state index in [1.165, 1.54) is 13.2 Å². The fraction of sp³-hybridized carbons (Fsp3) is 0.417. The maximum Gasteiger partial charge on any atom is 0.304 e. The van der Waals surface area contributed by atoms with Gasteiger partial charge in [0.1, 0.15) is 11.5 Å². The molecule has 0 aliphatic rings. The summed E-state index contributed by atoms with van der Waals surface area (Å²) in [6.07, 6.45) is -0.107. The van der Waals surface area contributed by atoms with E-state index in [1.54, 1.807) is 19.9 Å². The second kappa shape index (κ2) is 4.84. The third-order valence-corrected chi connectivity index (χ3v) is 2.88. The van der Waals surface area contributed by atoms with Gasteiger partial charge < -0.3 is 14.9 Å². The summed E-state index contributed by atoms with van der Waals surface area (Å²) in [6, 6.07) is 3.08. The lowest BCUT2D eigenvalue weighted by atomic mass is 9.81. The van der Waals surface area contributed by atoms with E-state index < -0.39 is 11.4 Å². The smallest absolute Gasteiger partial charge is 0.304 e. The van der Waals surface area contributed by atoms with Crippen molar-refractivity contribution in [1.82, 2.24) is 0 Å². The molecule has 0 spiro atoms. The number of hydrogen-bond donors (Lipinski definition) is 2. The van der Waals surface area contributed by atoms with Crippen molar-refractivity contribution >= 4 is 17.6 Å². The Balaban J connectivity index is 3.28. The Morgan fingerprint density at radius 2 is 2.06 bits per heavy atom. The number of benzene rings is 1. The van der Waals surface area contributed by atoms with Gasteiger partial charge in [0, 0.05) is 17.0 Å². The van der Waals surface area contributed by atoms with Crippen LogP contribution in [0.5, 0.6) is 11.5 Å². The van der Waals surface area contributed by atoms with E-state index in [4.69, 9.17) is 21.4 Å². The summed E-state index contributed by atoms with van der Waals surface area (Å²) in [6.45, 7) is 3.46. The molecule has 0 heterocycles. The highest BCUT2D eigenvalue weighted by atomic mass is 35.5. The maximum absolute atomic E-state index is 10.8. The van der Waals surface area contributed by atoms with Crippen LogP contribution in [0.2, 0.25) is 5.02 Å². The minimum atomic E-state index is -0.937. The number of ether oxygens (including phenoxy) is 1. The van der Waals surface area contributed by atoms with Gasteiger partial charge in [0.05, 0.1) is 18.6 Å². The lowest BCUT2D eigenvalue weighted by Crippen LogP contribution is -2.22. The average molecular weight is 259 g/mol. The first-order valence-corrected chi connectivity index (χ1v) is 5.44. The number of phenolic OH excluding ortho intramolecular Hbond substituents is 1. The molecular weight excluding hydrogens is 244 g/mol. The Hall–Kier alpha value is -1.42. The van der Waals surface area contributed by atoms with Gasteiger partial charge in [-0.1, -0.05) is 25.4 Å². The number of aromatic hydroxyl groups is 1. The van der Waals surface area contributed by atoms with E-state index in [9.17, 15) is 9.90 Å². The summed E-state index contributed by atoms with van der Waals surface area (Å²) < 4.78 is 5.05. The molecule has 0 aliphatic carbocycles. The van der Waals surface area contributed by atoms with Crippen molar-refractivity contribution in [2.45, 2.75) is 25.7 Å². The summed E-state index contributed by atoms with van der Waals surface area (Å²) in [4.78, 5) is 10.8. The van der Waals surface area contributed by atoms with Crippen LogP contribution in [-0.2, 0) is 10.2 Å². The molecule has 0 fully saturated rings. The minimum absolute atomic E-state index is 0.0984. The van der Waals surface area contributed by atoms with Crippen molar-refractivity contribution < 1.29 is 19.7 Å². The van der Waals surface area contributed by atoms with Crippen LogP contribution in [0.1, 0.15) is 25.8 Å². The highest BCUT2D eigenvalue weighted by molar-refractivity contribution is 6.32. The molecule has 0 unspecified atom stereocenters. The number of phenols is 1. The van der Waals surface area contributed by atoms with Gasteiger partial charge in [-0.05, 0) is 6.07 Å². The molecule has 0 atom stereocenters. The molecule has 1 rings (SSSR count). The van der Waals surface area contributed by atoms with Crippen LogP contribution in [0, 0.1) is 0 Å². The third kappa shape index (κ3) is 3.03. The van der Waals surface area contributed by atoms with Crippen molar-refractivity contribution in [3.8, 4) is 11.5 Å². The van der Waals surface area contributed by atoms with Crippen molar-refractivity contribution in [3.63, 3.8) is 0 Å². The van der Waals surface area contributed by atoms with Gasteiger partial charge in [-0.15, -0.1) is 0 Å². The summed E-state index contributed by atoms with van der Waals surface area (Å²) in [5.74, 6) is -0.548. The number of methoxy groups -OCH3 is 1. The summed E-state index contributed by atoms with van der Waals surface area (Å²) in [5, 5.41) is 18.9. The van der Waals surface area contributed by atoms with Crippen molar-refractivity contribution in [2.24, 2.45) is 0 Å². The first-order chi connectivity index (χ1) is 7.77. The van der Waals surface area contributed by atoms with Crippen LogP contribution in [0.15, 0.2) is 12.1 Å². The van der Waals surface area contributed by atoms with Crippen LogP contribution >= 0.6 is 11.6 Å². The number of hydrogen-bond acceptors (Lipinski definition) is 3. The van der Waals surface area contributed by atoms with E-state index in [1.807, 2.05) is 0 Å². The molecule has 0 amide bonds. The second-order valence-electron chi connectivity index (χ2n) is 4.46. The Morgan fingerprint density at radius 3 is 2.53 bits per heavy atom. The lowest BCUT2D eigenvalue weighted by Gasteiger charge is -2.25. The van der Waals surface area contributed by atoms with Gasteiger partial charge in [0.15, 0.2) is 0 Å². The highest BCUT2D eigenvalue weighted by Gasteiger charge is 2.28. The van der Waals surface area contributed by atoms with E-state index in [-0.39, 0.29) is 17.2 Å². The van der Waals surface area contributed by atoms with Crippen molar-refractivity contribution in [2.75, 3.05) is 7.11 Å². The number of carbonyl (C=O) groups is 1. The molecular formula is C12H15ClO4. The number of aliphatic carboxylic acids is 1. The van der Waals surface area contributed by atoms with Gasteiger partial charge in [0.2, 0.25) is 0 Å². The molecule has 94 valence electrons. The fourth-order valence-electron chi connectivity index (χ4n) is 1.68. The van der Waals surface area contributed by atoms with Gasteiger partial charge in [-0.2, -0.15) is 0 Å². The monoisotopic (exact) mass is 258 g/mol. The predicted octanol–water partition coefficient (Wildman–Crippen LogP) is 2.81. The van der Waals surface area contributed by atoms with Crippen molar-refractivity contribution in [3.05, 3.63) is 22.7 Å². The summed E-state index contributed by atoms with van der Waals surface area (Å²) in [7, 11) is 1.48. The lowest BCUT2D eigenvalue weighted by molar-refractivity contribution is -0.138. The molecule has 1 aromatic rings. The molecule has 2 N–H and O–H groups in total. The first kappa shape index (κ1) is 13.6. The summed E-state index contributed by atoms with van der Waals surface area (Å²) in [5.41, 5.74) is -0.266. The van der Waals surface area contributed by atoms with E-state index in [0.717, 1.165) is 0 Å². The molecule has 0 bridgehead atoms. The quantitative estimate of drug-likeness (QED) is 0.872. The maximum atomic E-state index is 10.8. The molecule has 0 aliphatic heterocycles. The molecule has 4 nitrogen and oxygen atoms in total. The van der Waals surface area contributed by atoms with Gasteiger partial charge >= 0.3 is 5.97 Å². The topological polar surface area (TPSA) is 66.8 Å². The number of carboxylic acid groups (broad SMARTS) is 1. The Labute approximate surface area is 105 Å². The number of carboxylic acids is 1. The molecule has 17 heavy (non-hydrogen) atoms. The normalized spacial score (nSPS) is 11.3. The van der Waals surface area contributed by atoms with E-state index in [2.05, 4.69) is 0 Å². The van der Waals surface area contributed by atoms with Gasteiger partial charge in [-0.3, -0.25) is 4.79 Å². The van der Waals surface area contributed by atoms with Crippen LogP contribution in [0.4, 0.5) is 0 Å². The highest BCUT2D eigenvalue weighted by Crippen LogP contribution is 2.40. The third-order valence-electron chi connectivity index (χ3n) is 2.59. The zero-order chi connectivity index (χ0) is 13.2. The minimum Gasteiger partial charge on any atom is -0.506 e. The van der Waals surface area contributed by atoms with Gasteiger partial charge in [-0.25, -0.2) is 0 Å². The second-order valence-corrected chi connectivity index (χ2v) is 4.87. The Kier molecular flexibility index (Phi) is 3.88. The number of rotatable bonds is 4. The van der Waals surface area contributed by atoms with Crippen LogP contribution in [-0.4, -0.2) is 23.3 Å². The van der Waals surface area contributed by atoms with Gasteiger partial charge in [0.25, 0.3) is 0 Å². The Morgan fingerprint density at radius 1 is 1.47 bits per heavy atom. The molecule has 0 radical (unpaired) electrons. The SMILES string of the molecule is COc1cc(Cl)c(O)c(C(C)(C)CC(=O)O)c1. The van der Waals surface area contributed by atoms with E-state index in [0.29, 0.717) is 11.3 Å². The average Bonchev–Trinajstić information content (AvgIpc) is 2.19. The largest absolute Gasteiger partial charge is 0.506 e. The summed E-state index contributed by atoms with van der Waals surface area (Å²) >= 11 is 5.86. The first-order valence-electron chi connectivity index (χ1n) is 5.06. The fourth-order valence-corrected chi connectivity index (χ4v) is 1.89. The predicted molar refractivity (Wildman–Crippen MR) is 64.9 cm³/mol. The molecule has 0 saturated carbocycles. The Bertz CT molecular complexity index is 440. The zero-order valence-electron chi connectivity index (χ0n) is 9.95. The zero-order valence-corrected chi connectivity index (χ0v) is 10.7. The molecule has 1 aromatic carbocycles. The number of halogens is 1. The molecule has 5 heteroatoms. The van der Waals surface area contributed by atoms with Crippen LogP contribution < -0.4 is 4.74 Å². The van der Waals surface area contributed by atoms with Crippen molar-refractivity contribution in [1.29, 1.82) is 0 Å². The van der Waals surface area contributed by atoms with Crippen LogP contribution in [0.3, 0.4) is 0 Å². The molecule has 0 aromatic heterocycles. The van der Waals surface area contributed by atoms with E-state index >= 15 is 0 Å². The standard InChI is InChI=1S/C12H15ClO4/c1-12(2,6-10(14)15)8-4-7(17-3)5-9(13)11(8)16/h4-5,16H,6H2,1-3H3,(H,14,15). The van der Waals surface area contributed by atoms with Crippen LogP contribution in [0.25, 0.3) is 0 Å².